The highest BCUT2D eigenvalue weighted by Crippen LogP contribution is 2.29. The number of oxazole rings is 1. The summed E-state index contributed by atoms with van der Waals surface area (Å²) in [6, 6.07) is 3.87. The molecule has 0 aromatic carbocycles. The fourth-order valence-electron chi connectivity index (χ4n) is 4.04. The van der Waals surface area contributed by atoms with Gasteiger partial charge < -0.3 is 19.6 Å². The van der Waals surface area contributed by atoms with Crippen molar-refractivity contribution in [2.45, 2.75) is 18.9 Å². The van der Waals surface area contributed by atoms with E-state index in [-0.39, 0.29) is 17.4 Å². The van der Waals surface area contributed by atoms with E-state index in [1.807, 2.05) is 16.7 Å². The van der Waals surface area contributed by atoms with E-state index in [2.05, 4.69) is 40.8 Å². The number of H-pyrrole nitrogens is 1. The van der Waals surface area contributed by atoms with Gasteiger partial charge >= 0.3 is 0 Å². The van der Waals surface area contributed by atoms with Crippen molar-refractivity contribution in [2.24, 2.45) is 0 Å². The second-order valence-electron chi connectivity index (χ2n) is 7.45. The molecule has 1 fully saturated rings. The van der Waals surface area contributed by atoms with Gasteiger partial charge in [-0.3, -0.25) is 5.10 Å². The molecule has 11 heteroatoms. The Morgan fingerprint density at radius 2 is 2.03 bits per heavy atom. The van der Waals surface area contributed by atoms with Crippen LogP contribution in [0.1, 0.15) is 18.9 Å². The lowest BCUT2D eigenvalue weighted by atomic mass is 10.1. The van der Waals surface area contributed by atoms with Gasteiger partial charge in [0.25, 0.3) is 0 Å². The number of halogens is 1. The number of nitrogens with zero attached hydrogens (tertiary/aromatic N) is 6. The summed E-state index contributed by atoms with van der Waals surface area (Å²) in [5.74, 6) is 0.682. The number of piperidine rings is 1. The molecule has 0 atom stereocenters. The van der Waals surface area contributed by atoms with Gasteiger partial charge in [0.05, 0.1) is 11.9 Å². The number of hydrogen-bond donors (Lipinski definition) is 3. The van der Waals surface area contributed by atoms with Gasteiger partial charge in [-0.1, -0.05) is 0 Å². The van der Waals surface area contributed by atoms with Crippen molar-refractivity contribution >= 4 is 34.0 Å². The number of hydrogen-bond acceptors (Lipinski definition) is 8. The van der Waals surface area contributed by atoms with Crippen molar-refractivity contribution in [3.63, 3.8) is 0 Å². The molecular weight excluding hydrogens is 401 g/mol. The van der Waals surface area contributed by atoms with Crippen LogP contribution in [0.4, 0.5) is 16.0 Å². The number of aromatic amines is 1. The van der Waals surface area contributed by atoms with E-state index in [0.29, 0.717) is 28.5 Å². The molecule has 5 aromatic heterocycles. The average Bonchev–Trinajstić information content (AvgIpc) is 3.53. The van der Waals surface area contributed by atoms with Crippen molar-refractivity contribution in [3.8, 4) is 11.3 Å². The molecule has 156 valence electrons. The summed E-state index contributed by atoms with van der Waals surface area (Å²) in [7, 11) is 0. The minimum atomic E-state index is -0.357. The second kappa shape index (κ2) is 7.13. The molecule has 6 rings (SSSR count). The zero-order valence-corrected chi connectivity index (χ0v) is 16.3. The highest BCUT2D eigenvalue weighted by Gasteiger charge is 2.21. The topological polar surface area (TPSA) is 122 Å². The fourth-order valence-corrected chi connectivity index (χ4v) is 4.04. The minimum absolute atomic E-state index is 0.200. The van der Waals surface area contributed by atoms with Gasteiger partial charge in [0.2, 0.25) is 5.71 Å². The molecule has 1 aliphatic rings. The zero-order chi connectivity index (χ0) is 20.8. The Morgan fingerprint density at radius 1 is 1.13 bits per heavy atom. The molecule has 10 nitrogen and oxygen atoms in total. The monoisotopic (exact) mass is 419 g/mol. The van der Waals surface area contributed by atoms with Gasteiger partial charge in [-0.2, -0.15) is 5.10 Å². The van der Waals surface area contributed by atoms with Crippen molar-refractivity contribution in [2.75, 3.05) is 18.4 Å². The summed E-state index contributed by atoms with van der Waals surface area (Å²) in [6.07, 6.45) is 7.87. The van der Waals surface area contributed by atoms with Crippen LogP contribution in [0.3, 0.4) is 0 Å². The van der Waals surface area contributed by atoms with Crippen LogP contribution >= 0.6 is 0 Å². The third-order valence-corrected chi connectivity index (χ3v) is 5.54. The smallest absolute Gasteiger partial charge is 0.247 e. The van der Waals surface area contributed by atoms with E-state index in [9.17, 15) is 4.39 Å². The van der Waals surface area contributed by atoms with Crippen LogP contribution < -0.4 is 10.6 Å². The number of anilines is 2. The van der Waals surface area contributed by atoms with Crippen LogP contribution in [-0.4, -0.2) is 47.8 Å². The van der Waals surface area contributed by atoms with Crippen LogP contribution in [0.2, 0.25) is 0 Å². The molecule has 0 saturated carbocycles. The summed E-state index contributed by atoms with van der Waals surface area (Å²) in [6.45, 7) is 1.81. The van der Waals surface area contributed by atoms with Crippen LogP contribution in [0.25, 0.3) is 33.7 Å². The average molecular weight is 419 g/mol. The Kier molecular flexibility index (Phi) is 4.13. The Hall–Kier alpha value is -3.86. The van der Waals surface area contributed by atoms with E-state index in [1.54, 1.807) is 6.20 Å². The summed E-state index contributed by atoms with van der Waals surface area (Å²) < 4.78 is 21.6. The summed E-state index contributed by atoms with van der Waals surface area (Å²) >= 11 is 0. The van der Waals surface area contributed by atoms with Crippen molar-refractivity contribution in [1.82, 2.24) is 40.0 Å². The van der Waals surface area contributed by atoms with Gasteiger partial charge in [0.1, 0.15) is 11.0 Å². The van der Waals surface area contributed by atoms with Crippen molar-refractivity contribution in [3.05, 3.63) is 42.9 Å². The number of aromatic nitrogens is 7. The quantitative estimate of drug-likeness (QED) is 0.406. The Balaban J connectivity index is 1.32. The van der Waals surface area contributed by atoms with E-state index in [0.717, 1.165) is 37.2 Å². The van der Waals surface area contributed by atoms with Gasteiger partial charge in [-0.05, 0) is 32.0 Å². The molecule has 31 heavy (non-hydrogen) atoms. The molecular formula is C20H18FN9O. The van der Waals surface area contributed by atoms with E-state index < -0.39 is 0 Å². The highest BCUT2D eigenvalue weighted by atomic mass is 19.1. The summed E-state index contributed by atoms with van der Waals surface area (Å²) in [5.41, 5.74) is 3.48. The first-order valence-corrected chi connectivity index (χ1v) is 10.0. The number of rotatable bonds is 4. The highest BCUT2D eigenvalue weighted by molar-refractivity contribution is 5.87. The molecule has 5 aromatic rings. The third kappa shape index (κ3) is 3.10. The first kappa shape index (κ1) is 18.0. The predicted octanol–water partition coefficient (Wildman–Crippen LogP) is 3.16. The maximum absolute atomic E-state index is 14.4. The van der Waals surface area contributed by atoms with Gasteiger partial charge in [0.15, 0.2) is 29.5 Å². The molecule has 0 spiro atoms. The molecule has 3 N–H and O–H groups in total. The van der Waals surface area contributed by atoms with Crippen LogP contribution in [0.15, 0.2) is 41.5 Å². The fraction of sp³-hybridized carbons (Fsp3) is 0.250. The molecule has 0 amide bonds. The Bertz CT molecular complexity index is 1380. The third-order valence-electron chi connectivity index (χ3n) is 5.54. The molecule has 1 aliphatic heterocycles. The zero-order valence-electron chi connectivity index (χ0n) is 16.3. The van der Waals surface area contributed by atoms with Crippen LogP contribution in [0, 0.1) is 5.82 Å². The molecule has 6 heterocycles. The first-order valence-electron chi connectivity index (χ1n) is 10.0. The lowest BCUT2D eigenvalue weighted by Gasteiger charge is -2.24. The number of fused-ring (bicyclic) bond motifs is 2. The lowest BCUT2D eigenvalue weighted by Crippen LogP contribution is -2.29. The SMILES string of the molecule is Fc1cn(C2CCNCC2)c2nc(Nc3cc(-c4ccnc5ocnc45)[nH]n3)cnc12. The maximum atomic E-state index is 14.4. The predicted molar refractivity (Wildman–Crippen MR) is 111 cm³/mol. The molecule has 1 saturated heterocycles. The molecule has 0 aliphatic carbocycles. The Labute approximate surface area is 174 Å². The molecule has 0 radical (unpaired) electrons. The number of pyridine rings is 1. The standard InChI is InChI=1S/C20H18FN9O/c21-13-9-30(11-1-4-22-5-2-11)19-18(13)24-8-16(27-19)26-15-7-14(28-29-15)12-3-6-23-20-17(12)25-10-31-20/h3,6-11,22H,1-2,4-5H2,(H2,26,27,28,29). The van der Waals surface area contributed by atoms with Crippen molar-refractivity contribution in [1.29, 1.82) is 0 Å². The van der Waals surface area contributed by atoms with E-state index in [4.69, 9.17) is 4.42 Å². The van der Waals surface area contributed by atoms with Crippen molar-refractivity contribution < 1.29 is 8.81 Å². The summed E-state index contributed by atoms with van der Waals surface area (Å²) in [4.78, 5) is 17.3. The summed E-state index contributed by atoms with van der Waals surface area (Å²) in [5, 5.41) is 13.8. The van der Waals surface area contributed by atoms with Crippen LogP contribution in [0.5, 0.6) is 0 Å². The largest absolute Gasteiger partial charge is 0.425 e. The lowest BCUT2D eigenvalue weighted by molar-refractivity contribution is 0.372. The van der Waals surface area contributed by atoms with E-state index >= 15 is 0 Å². The minimum Gasteiger partial charge on any atom is -0.425 e. The first-order chi connectivity index (χ1) is 15.3. The van der Waals surface area contributed by atoms with Gasteiger partial charge in [-0.15, -0.1) is 0 Å². The molecule has 0 unspecified atom stereocenters. The van der Waals surface area contributed by atoms with Gasteiger partial charge in [0, 0.05) is 30.1 Å². The second-order valence-corrected chi connectivity index (χ2v) is 7.45. The van der Waals surface area contributed by atoms with E-state index in [1.165, 1.54) is 18.8 Å². The molecule has 0 bridgehead atoms. The Morgan fingerprint density at radius 3 is 2.94 bits per heavy atom. The number of nitrogens with one attached hydrogen (secondary N) is 3. The van der Waals surface area contributed by atoms with Gasteiger partial charge in [-0.25, -0.2) is 24.3 Å². The maximum Gasteiger partial charge on any atom is 0.247 e. The normalized spacial score (nSPS) is 15.1. The van der Waals surface area contributed by atoms with Crippen LogP contribution in [-0.2, 0) is 0 Å².